The van der Waals surface area contributed by atoms with Crippen LogP contribution in [0.2, 0.25) is 0 Å². The first-order chi connectivity index (χ1) is 14.1. The largest absolute Gasteiger partial charge is 0.497 e. The van der Waals surface area contributed by atoms with E-state index in [1.165, 1.54) is 5.56 Å². The van der Waals surface area contributed by atoms with Crippen LogP contribution in [0.1, 0.15) is 30.0 Å². The van der Waals surface area contributed by atoms with Gasteiger partial charge in [0.2, 0.25) is 4.77 Å². The number of likely N-dealkylation sites (tertiary alicyclic amines) is 1. The monoisotopic (exact) mass is 410 g/mol. The van der Waals surface area contributed by atoms with E-state index in [1.54, 1.807) is 14.2 Å². The minimum Gasteiger partial charge on any atom is -0.497 e. The van der Waals surface area contributed by atoms with Crippen LogP contribution in [0.4, 0.5) is 0 Å². The number of aryl methyl sites for hydroxylation is 1. The molecule has 29 heavy (non-hydrogen) atoms. The summed E-state index contributed by atoms with van der Waals surface area (Å²) < 4.78 is 13.6. The quantitative estimate of drug-likeness (QED) is 0.596. The van der Waals surface area contributed by atoms with Gasteiger partial charge in [-0.3, -0.25) is 10.00 Å². The van der Waals surface area contributed by atoms with Gasteiger partial charge in [-0.15, -0.1) is 0 Å². The standard InChI is InChI=1S/C22H26N4O2S/c1-15-6-8-16(9-7-15)21-23-22(29)26(24-21)14-25-12-4-5-19(25)18-13-17(27-2)10-11-20(18)28-3/h6-11,13,19H,4-5,12,14H2,1-3H3,(H,23,24,29)/t19-/m0/s1. The molecule has 1 aliphatic heterocycles. The number of rotatable bonds is 6. The summed E-state index contributed by atoms with van der Waals surface area (Å²) in [6.07, 6.45) is 2.19. The molecule has 3 aromatic rings. The van der Waals surface area contributed by atoms with E-state index in [2.05, 4.69) is 52.2 Å². The van der Waals surface area contributed by atoms with Crippen LogP contribution in [0.15, 0.2) is 42.5 Å². The first kappa shape index (κ1) is 19.7. The zero-order valence-electron chi connectivity index (χ0n) is 17.0. The molecule has 1 atom stereocenters. The van der Waals surface area contributed by atoms with Gasteiger partial charge in [0.05, 0.1) is 20.9 Å². The molecule has 0 unspecified atom stereocenters. The van der Waals surface area contributed by atoms with Crippen molar-refractivity contribution in [1.82, 2.24) is 19.7 Å². The van der Waals surface area contributed by atoms with Gasteiger partial charge in [0.25, 0.3) is 0 Å². The predicted molar refractivity (Wildman–Crippen MR) is 116 cm³/mol. The number of H-pyrrole nitrogens is 1. The van der Waals surface area contributed by atoms with Crippen LogP contribution < -0.4 is 9.47 Å². The minimum absolute atomic E-state index is 0.244. The van der Waals surface area contributed by atoms with Gasteiger partial charge in [-0.25, -0.2) is 4.68 Å². The van der Waals surface area contributed by atoms with Crippen LogP contribution in [0, 0.1) is 11.7 Å². The Morgan fingerprint density at radius 1 is 1.14 bits per heavy atom. The van der Waals surface area contributed by atoms with Crippen LogP contribution in [0.25, 0.3) is 11.4 Å². The van der Waals surface area contributed by atoms with Crippen LogP contribution >= 0.6 is 12.2 Å². The number of methoxy groups -OCH3 is 2. The third-order valence-corrected chi connectivity index (χ3v) is 5.80. The number of nitrogens with one attached hydrogen (secondary N) is 1. The van der Waals surface area contributed by atoms with Crippen molar-refractivity contribution in [3.05, 3.63) is 58.4 Å². The summed E-state index contributed by atoms with van der Waals surface area (Å²) in [4.78, 5) is 6.97. The normalized spacial score (nSPS) is 16.9. The van der Waals surface area contributed by atoms with E-state index >= 15 is 0 Å². The molecular weight excluding hydrogens is 384 g/mol. The van der Waals surface area contributed by atoms with Gasteiger partial charge in [-0.1, -0.05) is 29.8 Å². The van der Waals surface area contributed by atoms with Gasteiger partial charge in [-0.05, 0) is 50.2 Å². The fraction of sp³-hybridized carbons (Fsp3) is 0.364. The first-order valence-corrected chi connectivity index (χ1v) is 10.2. The van der Waals surface area contributed by atoms with Gasteiger partial charge in [0.1, 0.15) is 11.5 Å². The molecular formula is C22H26N4O2S. The van der Waals surface area contributed by atoms with Gasteiger partial charge in [0.15, 0.2) is 5.82 Å². The SMILES string of the molecule is COc1ccc(OC)c([C@@H]2CCCN2Cn2[nH]c(-c3ccc(C)cc3)nc2=S)c1. The Balaban J connectivity index is 1.60. The Hall–Kier alpha value is -2.64. The maximum atomic E-state index is 5.62. The van der Waals surface area contributed by atoms with Crippen LogP contribution in [-0.4, -0.2) is 40.4 Å². The molecule has 1 aliphatic rings. The molecule has 0 radical (unpaired) electrons. The maximum Gasteiger partial charge on any atom is 0.217 e. The second-order valence-electron chi connectivity index (χ2n) is 7.37. The molecule has 1 saturated heterocycles. The fourth-order valence-electron chi connectivity index (χ4n) is 3.92. The molecule has 0 amide bonds. The van der Waals surface area contributed by atoms with Crippen molar-refractivity contribution in [3.8, 4) is 22.9 Å². The van der Waals surface area contributed by atoms with E-state index in [-0.39, 0.29) is 6.04 Å². The maximum absolute atomic E-state index is 5.62. The van der Waals surface area contributed by atoms with Crippen LogP contribution in [0.3, 0.4) is 0 Å². The molecule has 4 rings (SSSR count). The molecule has 0 saturated carbocycles. The highest BCUT2D eigenvalue weighted by Gasteiger charge is 2.29. The van der Waals surface area contributed by atoms with Crippen LogP contribution in [0.5, 0.6) is 11.5 Å². The number of nitrogens with zero attached hydrogens (tertiary/aromatic N) is 3. The molecule has 152 valence electrons. The molecule has 1 fully saturated rings. The fourth-order valence-corrected chi connectivity index (χ4v) is 4.12. The van der Waals surface area contributed by atoms with E-state index < -0.39 is 0 Å². The lowest BCUT2D eigenvalue weighted by molar-refractivity contribution is 0.187. The summed E-state index contributed by atoms with van der Waals surface area (Å²) >= 11 is 5.53. The number of hydrogen-bond acceptors (Lipinski definition) is 5. The highest BCUT2D eigenvalue weighted by Crippen LogP contribution is 2.39. The van der Waals surface area contributed by atoms with E-state index in [0.717, 1.165) is 47.8 Å². The van der Waals surface area contributed by atoms with Gasteiger partial charge >= 0.3 is 0 Å². The molecule has 2 heterocycles. The summed E-state index contributed by atoms with van der Waals surface area (Å²) in [5.74, 6) is 2.52. The zero-order valence-corrected chi connectivity index (χ0v) is 17.8. The Morgan fingerprint density at radius 2 is 1.93 bits per heavy atom. The predicted octanol–water partition coefficient (Wildman–Crippen LogP) is 4.73. The highest BCUT2D eigenvalue weighted by molar-refractivity contribution is 7.71. The van der Waals surface area contributed by atoms with Crippen LogP contribution in [-0.2, 0) is 6.67 Å². The van der Waals surface area contributed by atoms with Gasteiger partial charge in [-0.2, -0.15) is 4.98 Å². The number of benzene rings is 2. The average Bonchev–Trinajstić information content (AvgIpc) is 3.35. The average molecular weight is 411 g/mol. The second kappa shape index (κ2) is 8.39. The van der Waals surface area contributed by atoms with Gasteiger partial charge in [0, 0.05) is 23.7 Å². The molecule has 0 aliphatic carbocycles. The Bertz CT molecular complexity index is 1040. The van der Waals surface area contributed by atoms with Crippen molar-refractivity contribution in [1.29, 1.82) is 0 Å². The van der Waals surface area contributed by atoms with E-state index in [4.69, 9.17) is 21.7 Å². The summed E-state index contributed by atoms with van der Waals surface area (Å²) in [7, 11) is 3.40. The lowest BCUT2D eigenvalue weighted by atomic mass is 10.0. The first-order valence-electron chi connectivity index (χ1n) is 9.79. The number of hydrogen-bond donors (Lipinski definition) is 1. The zero-order chi connectivity index (χ0) is 20.4. The minimum atomic E-state index is 0.244. The Morgan fingerprint density at radius 3 is 2.66 bits per heavy atom. The van der Waals surface area contributed by atoms with Crippen molar-refractivity contribution in [3.63, 3.8) is 0 Å². The van der Waals surface area contributed by atoms with Gasteiger partial charge < -0.3 is 9.47 Å². The summed E-state index contributed by atoms with van der Waals surface area (Å²) in [6, 6.07) is 14.5. The third kappa shape index (κ3) is 4.06. The third-order valence-electron chi connectivity index (χ3n) is 5.49. The topological polar surface area (TPSA) is 55.3 Å². The molecule has 2 aromatic carbocycles. The van der Waals surface area contributed by atoms with Crippen molar-refractivity contribution >= 4 is 12.2 Å². The van der Waals surface area contributed by atoms with Crippen molar-refractivity contribution < 1.29 is 9.47 Å². The number of ether oxygens (including phenoxy) is 2. The molecule has 7 heteroatoms. The lowest BCUT2D eigenvalue weighted by Gasteiger charge is -2.26. The second-order valence-corrected chi connectivity index (χ2v) is 7.73. The summed E-state index contributed by atoms with van der Waals surface area (Å²) in [6.45, 7) is 3.72. The van der Waals surface area contributed by atoms with Crippen molar-refractivity contribution in [2.24, 2.45) is 0 Å². The Kier molecular flexibility index (Phi) is 5.69. The number of aromatic nitrogens is 3. The smallest absolute Gasteiger partial charge is 0.217 e. The molecule has 0 spiro atoms. The molecule has 0 bridgehead atoms. The van der Waals surface area contributed by atoms with E-state index in [1.807, 2.05) is 16.8 Å². The molecule has 1 N–H and O–H groups in total. The van der Waals surface area contributed by atoms with E-state index in [0.29, 0.717) is 11.4 Å². The summed E-state index contributed by atoms with van der Waals surface area (Å²) in [5.41, 5.74) is 3.40. The lowest BCUT2D eigenvalue weighted by Crippen LogP contribution is -2.27. The van der Waals surface area contributed by atoms with Crippen molar-refractivity contribution in [2.75, 3.05) is 20.8 Å². The summed E-state index contributed by atoms with van der Waals surface area (Å²) in [5, 5.41) is 3.37. The number of aromatic amines is 1. The molecule has 6 nitrogen and oxygen atoms in total. The highest BCUT2D eigenvalue weighted by atomic mass is 32.1. The molecule has 1 aromatic heterocycles. The van der Waals surface area contributed by atoms with E-state index in [9.17, 15) is 0 Å². The Labute approximate surface area is 176 Å². The van der Waals surface area contributed by atoms with Crippen molar-refractivity contribution in [2.45, 2.75) is 32.5 Å².